The lowest BCUT2D eigenvalue weighted by molar-refractivity contribution is -0.143. The molecule has 0 fully saturated rings. The molecule has 1 atom stereocenters. The molecule has 0 aromatic heterocycles. The van der Waals surface area contributed by atoms with Gasteiger partial charge in [-0.25, -0.2) is 0 Å². The molecule has 0 saturated heterocycles. The zero-order chi connectivity index (χ0) is 10.3. The Bertz CT molecular complexity index is 150. The van der Waals surface area contributed by atoms with E-state index in [1.54, 1.807) is 7.11 Å². The average molecular weight is 189 g/mol. The van der Waals surface area contributed by atoms with E-state index in [0.29, 0.717) is 19.6 Å². The van der Waals surface area contributed by atoms with E-state index in [1.807, 2.05) is 18.9 Å². The van der Waals surface area contributed by atoms with Crippen molar-refractivity contribution >= 4 is 5.97 Å². The molecule has 1 N–H and O–H groups in total. The van der Waals surface area contributed by atoms with Crippen LogP contribution in [0.5, 0.6) is 0 Å². The third-order valence-electron chi connectivity index (χ3n) is 2.03. The molecule has 0 aliphatic carbocycles. The Balaban J connectivity index is 3.95. The second kappa shape index (κ2) is 6.86. The van der Waals surface area contributed by atoms with Crippen molar-refractivity contribution in [2.75, 3.05) is 27.3 Å². The van der Waals surface area contributed by atoms with Crippen LogP contribution in [0.4, 0.5) is 0 Å². The number of nitrogens with zero attached hydrogens (tertiary/aromatic N) is 1. The van der Waals surface area contributed by atoms with Crippen LogP contribution in [0.25, 0.3) is 0 Å². The van der Waals surface area contributed by atoms with Crippen molar-refractivity contribution in [3.8, 4) is 0 Å². The van der Waals surface area contributed by atoms with E-state index in [1.165, 1.54) is 0 Å². The number of ether oxygens (including phenoxy) is 1. The SMILES string of the molecule is CCCC(C(=O)O)N(C)CCOC. The Kier molecular flexibility index (Phi) is 6.54. The van der Waals surface area contributed by atoms with Gasteiger partial charge < -0.3 is 9.84 Å². The maximum atomic E-state index is 10.8. The fourth-order valence-electron chi connectivity index (χ4n) is 1.20. The fourth-order valence-corrected chi connectivity index (χ4v) is 1.20. The third-order valence-corrected chi connectivity index (χ3v) is 2.03. The molecule has 0 heterocycles. The van der Waals surface area contributed by atoms with Crippen LogP contribution in [0.1, 0.15) is 19.8 Å². The lowest BCUT2D eigenvalue weighted by Gasteiger charge is -2.23. The molecule has 13 heavy (non-hydrogen) atoms. The van der Waals surface area contributed by atoms with Gasteiger partial charge in [0.15, 0.2) is 0 Å². The van der Waals surface area contributed by atoms with Crippen LogP contribution < -0.4 is 0 Å². The number of hydrogen-bond donors (Lipinski definition) is 1. The topological polar surface area (TPSA) is 49.8 Å². The van der Waals surface area contributed by atoms with Gasteiger partial charge in [0.05, 0.1) is 6.61 Å². The molecular weight excluding hydrogens is 170 g/mol. The molecule has 78 valence electrons. The minimum absolute atomic E-state index is 0.375. The Morgan fingerprint density at radius 1 is 1.62 bits per heavy atom. The summed E-state index contributed by atoms with van der Waals surface area (Å²) in [6.45, 7) is 3.22. The Morgan fingerprint density at radius 3 is 2.62 bits per heavy atom. The van der Waals surface area contributed by atoms with Crippen LogP contribution in [-0.4, -0.2) is 49.3 Å². The van der Waals surface area contributed by atoms with Crippen LogP contribution in [0.15, 0.2) is 0 Å². The van der Waals surface area contributed by atoms with Gasteiger partial charge in [0.2, 0.25) is 0 Å². The molecule has 0 aromatic rings. The van der Waals surface area contributed by atoms with Gasteiger partial charge >= 0.3 is 5.97 Å². The molecule has 0 aromatic carbocycles. The summed E-state index contributed by atoms with van der Waals surface area (Å²) in [6.07, 6.45) is 1.57. The maximum absolute atomic E-state index is 10.8. The Labute approximate surface area is 79.5 Å². The molecule has 0 spiro atoms. The molecule has 0 amide bonds. The quantitative estimate of drug-likeness (QED) is 0.644. The van der Waals surface area contributed by atoms with Crippen molar-refractivity contribution in [1.29, 1.82) is 0 Å². The molecule has 0 radical (unpaired) electrons. The van der Waals surface area contributed by atoms with Crippen LogP contribution in [0, 0.1) is 0 Å². The zero-order valence-electron chi connectivity index (χ0n) is 8.62. The van der Waals surface area contributed by atoms with Crippen LogP contribution in [0.2, 0.25) is 0 Å². The first kappa shape index (κ1) is 12.4. The van der Waals surface area contributed by atoms with Gasteiger partial charge in [0, 0.05) is 13.7 Å². The average Bonchev–Trinajstić information content (AvgIpc) is 2.09. The second-order valence-corrected chi connectivity index (χ2v) is 3.12. The van der Waals surface area contributed by atoms with E-state index < -0.39 is 5.97 Å². The molecule has 0 bridgehead atoms. The van der Waals surface area contributed by atoms with Gasteiger partial charge in [-0.1, -0.05) is 13.3 Å². The number of carboxylic acid groups (broad SMARTS) is 1. The number of likely N-dealkylation sites (N-methyl/N-ethyl adjacent to an activating group) is 1. The van der Waals surface area contributed by atoms with Gasteiger partial charge in [-0.15, -0.1) is 0 Å². The number of methoxy groups -OCH3 is 1. The highest BCUT2D eigenvalue weighted by Crippen LogP contribution is 2.04. The maximum Gasteiger partial charge on any atom is 0.320 e. The summed E-state index contributed by atoms with van der Waals surface area (Å²) in [4.78, 5) is 12.6. The zero-order valence-corrected chi connectivity index (χ0v) is 8.62. The van der Waals surface area contributed by atoms with Crippen molar-refractivity contribution in [3.05, 3.63) is 0 Å². The van der Waals surface area contributed by atoms with Gasteiger partial charge in [0.1, 0.15) is 6.04 Å². The molecule has 0 aliphatic heterocycles. The second-order valence-electron chi connectivity index (χ2n) is 3.12. The van der Waals surface area contributed by atoms with E-state index in [2.05, 4.69) is 0 Å². The van der Waals surface area contributed by atoms with Crippen molar-refractivity contribution in [2.24, 2.45) is 0 Å². The van der Waals surface area contributed by atoms with E-state index in [4.69, 9.17) is 9.84 Å². The lowest BCUT2D eigenvalue weighted by atomic mass is 10.1. The highest BCUT2D eigenvalue weighted by Gasteiger charge is 2.20. The summed E-state index contributed by atoms with van der Waals surface area (Å²) in [7, 11) is 3.43. The molecule has 0 saturated carbocycles. The minimum Gasteiger partial charge on any atom is -0.480 e. The van der Waals surface area contributed by atoms with Gasteiger partial charge in [-0.3, -0.25) is 9.69 Å². The monoisotopic (exact) mass is 189 g/mol. The van der Waals surface area contributed by atoms with Crippen molar-refractivity contribution in [2.45, 2.75) is 25.8 Å². The summed E-state index contributed by atoms with van der Waals surface area (Å²) in [6, 6.07) is -0.375. The summed E-state index contributed by atoms with van der Waals surface area (Å²) in [5.74, 6) is -0.750. The fraction of sp³-hybridized carbons (Fsp3) is 0.889. The van der Waals surface area contributed by atoms with Gasteiger partial charge in [-0.2, -0.15) is 0 Å². The molecule has 0 rings (SSSR count). The first-order valence-corrected chi connectivity index (χ1v) is 4.55. The molecule has 4 heteroatoms. The smallest absolute Gasteiger partial charge is 0.320 e. The van der Waals surface area contributed by atoms with Crippen LogP contribution in [-0.2, 0) is 9.53 Å². The first-order chi connectivity index (χ1) is 6.13. The van der Waals surface area contributed by atoms with Gasteiger partial charge in [0.25, 0.3) is 0 Å². The number of carboxylic acids is 1. The van der Waals surface area contributed by atoms with Crippen LogP contribution in [0.3, 0.4) is 0 Å². The molecule has 4 nitrogen and oxygen atoms in total. The van der Waals surface area contributed by atoms with E-state index >= 15 is 0 Å². The first-order valence-electron chi connectivity index (χ1n) is 4.55. The number of carbonyl (C=O) groups is 1. The van der Waals surface area contributed by atoms with Gasteiger partial charge in [-0.05, 0) is 13.5 Å². The third kappa shape index (κ3) is 4.85. The Morgan fingerprint density at radius 2 is 2.23 bits per heavy atom. The standard InChI is InChI=1S/C9H19NO3/c1-4-5-8(9(11)12)10(2)6-7-13-3/h8H,4-7H2,1-3H3,(H,11,12). The van der Waals surface area contributed by atoms with Crippen LogP contribution >= 0.6 is 0 Å². The van der Waals surface area contributed by atoms with Crippen molar-refractivity contribution in [3.63, 3.8) is 0 Å². The summed E-state index contributed by atoms with van der Waals surface area (Å²) >= 11 is 0. The highest BCUT2D eigenvalue weighted by molar-refractivity contribution is 5.73. The Hall–Kier alpha value is -0.610. The molecular formula is C9H19NO3. The minimum atomic E-state index is -0.750. The molecule has 1 unspecified atom stereocenters. The number of hydrogen-bond acceptors (Lipinski definition) is 3. The summed E-state index contributed by atoms with van der Waals surface area (Å²) in [5, 5.41) is 8.89. The number of aliphatic carboxylic acids is 1. The summed E-state index contributed by atoms with van der Waals surface area (Å²) < 4.78 is 4.89. The highest BCUT2D eigenvalue weighted by atomic mass is 16.5. The normalized spacial score (nSPS) is 13.2. The van der Waals surface area contributed by atoms with Crippen molar-refractivity contribution in [1.82, 2.24) is 4.90 Å². The van der Waals surface area contributed by atoms with Crippen molar-refractivity contribution < 1.29 is 14.6 Å². The lowest BCUT2D eigenvalue weighted by Crippen LogP contribution is -2.40. The predicted molar refractivity (Wildman–Crippen MR) is 50.8 cm³/mol. The largest absolute Gasteiger partial charge is 0.480 e. The van der Waals surface area contributed by atoms with E-state index in [9.17, 15) is 4.79 Å². The van der Waals surface area contributed by atoms with E-state index in [-0.39, 0.29) is 6.04 Å². The predicted octanol–water partition coefficient (Wildman–Crippen LogP) is 0.818. The molecule has 0 aliphatic rings. The summed E-state index contributed by atoms with van der Waals surface area (Å²) in [5.41, 5.74) is 0. The number of rotatable bonds is 7. The van der Waals surface area contributed by atoms with E-state index in [0.717, 1.165) is 6.42 Å².